The first-order valence-corrected chi connectivity index (χ1v) is 8.27. The molecule has 0 aromatic heterocycles. The number of ether oxygens (including phenoxy) is 1. The van der Waals surface area contributed by atoms with Gasteiger partial charge < -0.3 is 15.4 Å². The van der Waals surface area contributed by atoms with Crippen molar-refractivity contribution < 1.29 is 14.3 Å². The number of hydrogen-bond acceptors (Lipinski definition) is 3. The van der Waals surface area contributed by atoms with Gasteiger partial charge in [-0.3, -0.25) is 9.59 Å². The molecular weight excluding hydrogens is 316 g/mol. The summed E-state index contributed by atoms with van der Waals surface area (Å²) in [5.74, 6) is 0.430. The molecule has 1 heterocycles. The van der Waals surface area contributed by atoms with Crippen LogP contribution in [0.25, 0.3) is 6.08 Å². The molecule has 5 nitrogen and oxygen atoms in total. The molecule has 2 N–H and O–H groups in total. The molecule has 0 spiro atoms. The quantitative estimate of drug-likeness (QED) is 0.839. The van der Waals surface area contributed by atoms with Crippen LogP contribution in [0.1, 0.15) is 36.2 Å². The van der Waals surface area contributed by atoms with Gasteiger partial charge in [0.1, 0.15) is 0 Å². The molecule has 2 aromatic carbocycles. The molecule has 2 amide bonds. The number of carbonyl (C=O) groups is 2. The van der Waals surface area contributed by atoms with Gasteiger partial charge in [0.05, 0.1) is 5.69 Å². The molecule has 1 aliphatic rings. The minimum absolute atomic E-state index is 0.103. The van der Waals surface area contributed by atoms with Crippen LogP contribution in [0.2, 0.25) is 0 Å². The molecule has 128 valence electrons. The van der Waals surface area contributed by atoms with Gasteiger partial charge in [-0.1, -0.05) is 31.2 Å². The van der Waals surface area contributed by atoms with E-state index in [0.717, 1.165) is 12.0 Å². The number of amides is 2. The lowest BCUT2D eigenvalue weighted by atomic mass is 10.1. The van der Waals surface area contributed by atoms with Gasteiger partial charge >= 0.3 is 0 Å². The Morgan fingerprint density at radius 2 is 1.92 bits per heavy atom. The summed E-state index contributed by atoms with van der Waals surface area (Å²) in [5, 5.41) is 5.71. The fraction of sp³-hybridized carbons (Fsp3) is 0.200. The summed E-state index contributed by atoms with van der Waals surface area (Å²) in [6.45, 7) is 3.99. The van der Waals surface area contributed by atoms with Crippen molar-refractivity contribution in [3.63, 3.8) is 0 Å². The summed E-state index contributed by atoms with van der Waals surface area (Å²) in [7, 11) is 0. The van der Waals surface area contributed by atoms with Crippen LogP contribution in [-0.2, 0) is 4.79 Å². The van der Waals surface area contributed by atoms with Gasteiger partial charge in [0, 0.05) is 11.6 Å². The highest BCUT2D eigenvalue weighted by Gasteiger charge is 2.21. The zero-order valence-electron chi connectivity index (χ0n) is 14.2. The molecule has 0 saturated heterocycles. The van der Waals surface area contributed by atoms with Gasteiger partial charge in [0.15, 0.2) is 11.5 Å². The Morgan fingerprint density at radius 3 is 2.64 bits per heavy atom. The Hall–Kier alpha value is -3.08. The number of hydrogen-bond donors (Lipinski definition) is 2. The van der Waals surface area contributed by atoms with Crippen molar-refractivity contribution in [2.45, 2.75) is 26.3 Å². The van der Waals surface area contributed by atoms with Gasteiger partial charge in [0.2, 0.25) is 0 Å². The van der Waals surface area contributed by atoms with Crippen LogP contribution in [-0.4, -0.2) is 17.9 Å². The first-order valence-electron chi connectivity index (χ1n) is 8.27. The van der Waals surface area contributed by atoms with Crippen LogP contribution >= 0.6 is 0 Å². The van der Waals surface area contributed by atoms with Crippen molar-refractivity contribution in [3.05, 3.63) is 65.4 Å². The number of para-hydroxylation sites is 2. The van der Waals surface area contributed by atoms with E-state index in [1.54, 1.807) is 42.5 Å². The number of anilines is 1. The summed E-state index contributed by atoms with van der Waals surface area (Å²) >= 11 is 0. The van der Waals surface area contributed by atoms with E-state index in [-0.39, 0.29) is 23.6 Å². The maximum Gasteiger partial charge on any atom is 0.291 e. The third-order valence-electron chi connectivity index (χ3n) is 4.04. The topological polar surface area (TPSA) is 67.4 Å². The Morgan fingerprint density at radius 1 is 1.20 bits per heavy atom. The van der Waals surface area contributed by atoms with E-state index >= 15 is 0 Å². The predicted molar refractivity (Wildman–Crippen MR) is 97.3 cm³/mol. The fourth-order valence-corrected chi connectivity index (χ4v) is 2.39. The van der Waals surface area contributed by atoms with Gasteiger partial charge in [-0.15, -0.1) is 0 Å². The summed E-state index contributed by atoms with van der Waals surface area (Å²) in [5.41, 5.74) is 2.02. The van der Waals surface area contributed by atoms with Crippen molar-refractivity contribution in [2.24, 2.45) is 0 Å². The Bertz CT molecular complexity index is 825. The Kier molecular flexibility index (Phi) is 4.84. The number of nitrogens with one attached hydrogen (secondary N) is 2. The SMILES string of the molecule is CCC(C)NC(=O)c1ccc(/C=C2\Oc3ccccc3NC2=O)cc1. The maximum atomic E-state index is 12.1. The summed E-state index contributed by atoms with van der Waals surface area (Å²) in [6, 6.07) is 14.4. The van der Waals surface area contributed by atoms with Gasteiger partial charge in [-0.2, -0.15) is 0 Å². The third-order valence-corrected chi connectivity index (χ3v) is 4.04. The van der Waals surface area contributed by atoms with E-state index < -0.39 is 0 Å². The van der Waals surface area contributed by atoms with Crippen LogP contribution in [0.4, 0.5) is 5.69 Å². The van der Waals surface area contributed by atoms with E-state index in [1.165, 1.54) is 0 Å². The van der Waals surface area contributed by atoms with Crippen molar-refractivity contribution in [3.8, 4) is 5.75 Å². The number of benzene rings is 2. The third kappa shape index (κ3) is 3.88. The average Bonchev–Trinajstić information content (AvgIpc) is 2.62. The lowest BCUT2D eigenvalue weighted by molar-refractivity contribution is -0.115. The smallest absolute Gasteiger partial charge is 0.291 e. The zero-order valence-corrected chi connectivity index (χ0v) is 14.2. The number of fused-ring (bicyclic) bond motifs is 1. The van der Waals surface area contributed by atoms with Crippen molar-refractivity contribution >= 4 is 23.6 Å². The second-order valence-electron chi connectivity index (χ2n) is 5.97. The van der Waals surface area contributed by atoms with E-state index in [9.17, 15) is 9.59 Å². The normalized spacial score (nSPS) is 15.8. The van der Waals surface area contributed by atoms with Crippen molar-refractivity contribution in [2.75, 3.05) is 5.32 Å². The summed E-state index contributed by atoms with van der Waals surface area (Å²) in [6.07, 6.45) is 2.53. The van der Waals surface area contributed by atoms with Gasteiger partial charge in [-0.25, -0.2) is 0 Å². The lowest BCUT2D eigenvalue weighted by Crippen LogP contribution is -2.31. The number of carbonyl (C=O) groups excluding carboxylic acids is 2. The molecule has 0 aliphatic carbocycles. The van der Waals surface area contributed by atoms with Crippen LogP contribution in [0, 0.1) is 0 Å². The van der Waals surface area contributed by atoms with Crippen LogP contribution in [0.3, 0.4) is 0 Å². The molecule has 1 unspecified atom stereocenters. The maximum absolute atomic E-state index is 12.1. The molecule has 1 aliphatic heterocycles. The highest BCUT2D eigenvalue weighted by molar-refractivity contribution is 6.08. The molecular formula is C20H20N2O3. The van der Waals surface area contributed by atoms with E-state index in [2.05, 4.69) is 10.6 Å². The van der Waals surface area contributed by atoms with Gasteiger partial charge in [0.25, 0.3) is 11.8 Å². The first kappa shape index (κ1) is 16.8. The van der Waals surface area contributed by atoms with Crippen LogP contribution in [0.5, 0.6) is 5.75 Å². The fourth-order valence-electron chi connectivity index (χ4n) is 2.39. The molecule has 0 bridgehead atoms. The molecule has 0 fully saturated rings. The minimum atomic E-state index is -0.294. The van der Waals surface area contributed by atoms with E-state index in [4.69, 9.17) is 4.74 Å². The lowest BCUT2D eigenvalue weighted by Gasteiger charge is -2.19. The summed E-state index contributed by atoms with van der Waals surface area (Å²) < 4.78 is 5.66. The second-order valence-corrected chi connectivity index (χ2v) is 5.97. The van der Waals surface area contributed by atoms with Crippen molar-refractivity contribution in [1.82, 2.24) is 5.32 Å². The monoisotopic (exact) mass is 336 g/mol. The summed E-state index contributed by atoms with van der Waals surface area (Å²) in [4.78, 5) is 24.2. The predicted octanol–water partition coefficient (Wildman–Crippen LogP) is 3.59. The molecule has 25 heavy (non-hydrogen) atoms. The largest absolute Gasteiger partial charge is 0.449 e. The molecule has 1 atom stereocenters. The molecule has 0 radical (unpaired) electrons. The zero-order chi connectivity index (χ0) is 17.8. The molecule has 5 heteroatoms. The minimum Gasteiger partial charge on any atom is -0.449 e. The highest BCUT2D eigenvalue weighted by atomic mass is 16.5. The highest BCUT2D eigenvalue weighted by Crippen LogP contribution is 2.30. The Balaban J connectivity index is 1.76. The second kappa shape index (κ2) is 7.21. The average molecular weight is 336 g/mol. The first-order chi connectivity index (χ1) is 12.1. The van der Waals surface area contributed by atoms with Crippen LogP contribution < -0.4 is 15.4 Å². The van der Waals surface area contributed by atoms with Crippen molar-refractivity contribution in [1.29, 1.82) is 0 Å². The van der Waals surface area contributed by atoms with Gasteiger partial charge in [-0.05, 0) is 49.2 Å². The molecule has 2 aromatic rings. The standard InChI is InChI=1S/C20H20N2O3/c1-3-13(2)21-19(23)15-10-8-14(9-11-15)12-18-20(24)22-16-6-4-5-7-17(16)25-18/h4-13H,3H2,1-2H3,(H,21,23)(H,22,24)/b18-12-. The molecule has 0 saturated carbocycles. The van der Waals surface area contributed by atoms with E-state index in [0.29, 0.717) is 17.0 Å². The van der Waals surface area contributed by atoms with E-state index in [1.807, 2.05) is 26.0 Å². The Labute approximate surface area is 146 Å². The van der Waals surface area contributed by atoms with Crippen LogP contribution in [0.15, 0.2) is 54.3 Å². The molecule has 3 rings (SSSR count). The number of rotatable bonds is 4.